The van der Waals surface area contributed by atoms with Gasteiger partial charge in [0.15, 0.2) is 0 Å². The van der Waals surface area contributed by atoms with E-state index in [9.17, 15) is 4.79 Å². The molecular formula is C24H25NO3. The first-order valence-electron chi connectivity index (χ1n) is 9.55. The average molecular weight is 375 g/mol. The standard InChI is InChI=1S/C24H25NO3/c1-14(2)19-12-17-9-6-15(3)20-21(17)22(23(19)28-5)25(24(20)26)13-16-7-10-18(27-4)11-8-16/h6-12,14H,13H2,1-5H3. The summed E-state index contributed by atoms with van der Waals surface area (Å²) in [6.45, 7) is 6.78. The monoisotopic (exact) mass is 375 g/mol. The van der Waals surface area contributed by atoms with Crippen LogP contribution in [0.5, 0.6) is 11.5 Å². The second-order valence-corrected chi connectivity index (χ2v) is 7.60. The molecule has 0 saturated heterocycles. The first-order valence-corrected chi connectivity index (χ1v) is 9.55. The van der Waals surface area contributed by atoms with Gasteiger partial charge < -0.3 is 9.47 Å². The first-order chi connectivity index (χ1) is 13.5. The molecule has 0 aromatic heterocycles. The molecule has 1 heterocycles. The fraction of sp³-hybridized carbons (Fsp3) is 0.292. The van der Waals surface area contributed by atoms with Crippen molar-refractivity contribution in [1.82, 2.24) is 0 Å². The number of anilines is 1. The zero-order valence-corrected chi connectivity index (χ0v) is 17.0. The van der Waals surface area contributed by atoms with Gasteiger partial charge in [0, 0.05) is 5.39 Å². The van der Waals surface area contributed by atoms with E-state index >= 15 is 0 Å². The van der Waals surface area contributed by atoms with Crippen LogP contribution in [0, 0.1) is 6.92 Å². The van der Waals surface area contributed by atoms with Gasteiger partial charge in [-0.2, -0.15) is 0 Å². The normalized spacial score (nSPS) is 12.9. The van der Waals surface area contributed by atoms with E-state index in [1.807, 2.05) is 42.2 Å². The van der Waals surface area contributed by atoms with E-state index in [1.54, 1.807) is 14.2 Å². The summed E-state index contributed by atoms with van der Waals surface area (Å²) in [5, 5.41) is 2.09. The maximum absolute atomic E-state index is 13.4. The van der Waals surface area contributed by atoms with Crippen molar-refractivity contribution >= 4 is 22.4 Å². The second kappa shape index (κ2) is 6.86. The SMILES string of the molecule is COc1ccc(CN2C(=O)c3c(C)ccc4cc(C(C)C)c(OC)c2c34)cc1. The molecule has 4 rings (SSSR count). The molecule has 3 aromatic rings. The molecule has 0 aliphatic carbocycles. The number of amides is 1. The fourth-order valence-electron chi connectivity index (χ4n) is 4.06. The molecular weight excluding hydrogens is 350 g/mol. The molecule has 0 atom stereocenters. The Morgan fingerprint density at radius 2 is 1.71 bits per heavy atom. The van der Waals surface area contributed by atoms with Crippen molar-refractivity contribution in [3.05, 3.63) is 64.7 Å². The number of rotatable bonds is 5. The molecule has 1 amide bonds. The smallest absolute Gasteiger partial charge is 0.259 e. The van der Waals surface area contributed by atoms with Crippen LogP contribution in [0.25, 0.3) is 10.8 Å². The highest BCUT2D eigenvalue weighted by Crippen LogP contribution is 2.49. The second-order valence-electron chi connectivity index (χ2n) is 7.60. The molecule has 0 fully saturated rings. The van der Waals surface area contributed by atoms with E-state index < -0.39 is 0 Å². The minimum atomic E-state index is 0.0353. The molecule has 3 aromatic carbocycles. The summed E-state index contributed by atoms with van der Waals surface area (Å²) < 4.78 is 11.1. The van der Waals surface area contributed by atoms with Crippen LogP contribution < -0.4 is 14.4 Å². The third kappa shape index (κ3) is 2.71. The van der Waals surface area contributed by atoms with Crippen LogP contribution in [0.1, 0.15) is 46.8 Å². The lowest BCUT2D eigenvalue weighted by molar-refractivity contribution is 0.0990. The summed E-state index contributed by atoms with van der Waals surface area (Å²) in [6.07, 6.45) is 0. The Kier molecular flexibility index (Phi) is 4.50. The maximum Gasteiger partial charge on any atom is 0.259 e. The third-order valence-corrected chi connectivity index (χ3v) is 5.53. The van der Waals surface area contributed by atoms with E-state index in [0.717, 1.165) is 50.2 Å². The number of carbonyl (C=O) groups is 1. The van der Waals surface area contributed by atoms with Gasteiger partial charge in [-0.25, -0.2) is 0 Å². The van der Waals surface area contributed by atoms with Gasteiger partial charge in [0.25, 0.3) is 5.91 Å². The maximum atomic E-state index is 13.4. The number of carbonyl (C=O) groups excluding carboxylic acids is 1. The van der Waals surface area contributed by atoms with Gasteiger partial charge in [-0.1, -0.05) is 38.1 Å². The Morgan fingerprint density at radius 3 is 2.32 bits per heavy atom. The molecule has 1 aliphatic heterocycles. The molecule has 1 aliphatic rings. The van der Waals surface area contributed by atoms with Gasteiger partial charge in [-0.3, -0.25) is 9.69 Å². The zero-order valence-electron chi connectivity index (χ0n) is 17.0. The number of aryl methyl sites for hydroxylation is 1. The largest absolute Gasteiger partial charge is 0.497 e. The minimum Gasteiger partial charge on any atom is -0.497 e. The van der Waals surface area contributed by atoms with Crippen LogP contribution in [0.15, 0.2) is 42.5 Å². The molecule has 28 heavy (non-hydrogen) atoms. The van der Waals surface area contributed by atoms with E-state index in [2.05, 4.69) is 26.0 Å². The molecule has 4 nitrogen and oxygen atoms in total. The van der Waals surface area contributed by atoms with E-state index in [4.69, 9.17) is 9.47 Å². The van der Waals surface area contributed by atoms with E-state index in [0.29, 0.717) is 12.5 Å². The summed E-state index contributed by atoms with van der Waals surface area (Å²) in [7, 11) is 3.34. The predicted molar refractivity (Wildman–Crippen MR) is 113 cm³/mol. The lowest BCUT2D eigenvalue weighted by Crippen LogP contribution is -2.27. The molecule has 0 spiro atoms. The van der Waals surface area contributed by atoms with Crippen LogP contribution in [0.4, 0.5) is 5.69 Å². The summed E-state index contributed by atoms with van der Waals surface area (Å²) in [5.41, 5.74) is 4.84. The lowest BCUT2D eigenvalue weighted by Gasteiger charge is -2.23. The van der Waals surface area contributed by atoms with Crippen molar-refractivity contribution in [2.75, 3.05) is 19.1 Å². The number of hydrogen-bond acceptors (Lipinski definition) is 3. The predicted octanol–water partition coefficient (Wildman–Crippen LogP) is 5.45. The number of methoxy groups -OCH3 is 2. The van der Waals surface area contributed by atoms with Crippen molar-refractivity contribution in [3.8, 4) is 11.5 Å². The van der Waals surface area contributed by atoms with Gasteiger partial charge >= 0.3 is 0 Å². The van der Waals surface area contributed by atoms with Gasteiger partial charge in [-0.05, 0) is 53.1 Å². The van der Waals surface area contributed by atoms with Crippen molar-refractivity contribution in [2.24, 2.45) is 0 Å². The minimum absolute atomic E-state index is 0.0353. The Labute approximate surface area is 165 Å². The Hall–Kier alpha value is -3.01. The number of ether oxygens (including phenoxy) is 2. The van der Waals surface area contributed by atoms with Crippen LogP contribution in [0.2, 0.25) is 0 Å². The topological polar surface area (TPSA) is 38.8 Å². The van der Waals surface area contributed by atoms with Gasteiger partial charge in [0.05, 0.1) is 32.0 Å². The van der Waals surface area contributed by atoms with Gasteiger partial charge in [-0.15, -0.1) is 0 Å². The molecule has 0 bridgehead atoms. The Morgan fingerprint density at radius 1 is 1.00 bits per heavy atom. The highest BCUT2D eigenvalue weighted by atomic mass is 16.5. The van der Waals surface area contributed by atoms with Crippen LogP contribution >= 0.6 is 0 Å². The number of benzene rings is 3. The van der Waals surface area contributed by atoms with Crippen molar-refractivity contribution in [1.29, 1.82) is 0 Å². The van der Waals surface area contributed by atoms with Gasteiger partial charge in [0.2, 0.25) is 0 Å². The first kappa shape index (κ1) is 18.4. The highest BCUT2D eigenvalue weighted by Gasteiger charge is 2.35. The molecule has 4 heteroatoms. The quantitative estimate of drug-likeness (QED) is 0.595. The van der Waals surface area contributed by atoms with Gasteiger partial charge in [0.1, 0.15) is 11.5 Å². The molecule has 0 saturated carbocycles. The molecule has 0 N–H and O–H groups in total. The van der Waals surface area contributed by atoms with Crippen molar-refractivity contribution in [2.45, 2.75) is 33.2 Å². The van der Waals surface area contributed by atoms with E-state index in [-0.39, 0.29) is 5.91 Å². The molecule has 144 valence electrons. The molecule has 0 radical (unpaired) electrons. The number of nitrogens with zero attached hydrogens (tertiary/aromatic N) is 1. The summed E-state index contributed by atoms with van der Waals surface area (Å²) in [5.74, 6) is 1.93. The summed E-state index contributed by atoms with van der Waals surface area (Å²) >= 11 is 0. The average Bonchev–Trinajstić information content (AvgIpc) is 2.98. The van der Waals surface area contributed by atoms with E-state index in [1.165, 1.54) is 0 Å². The molecule has 0 unspecified atom stereocenters. The number of hydrogen-bond donors (Lipinski definition) is 0. The van der Waals surface area contributed by atoms with Crippen LogP contribution in [0.3, 0.4) is 0 Å². The van der Waals surface area contributed by atoms with Crippen LogP contribution in [-0.2, 0) is 6.54 Å². The zero-order chi connectivity index (χ0) is 20.0. The van der Waals surface area contributed by atoms with Crippen molar-refractivity contribution < 1.29 is 14.3 Å². The highest BCUT2D eigenvalue weighted by molar-refractivity contribution is 6.27. The Balaban J connectivity index is 1.92. The fourth-order valence-corrected chi connectivity index (χ4v) is 4.06. The lowest BCUT2D eigenvalue weighted by atomic mass is 9.94. The summed E-state index contributed by atoms with van der Waals surface area (Å²) in [6, 6.07) is 14.1. The third-order valence-electron chi connectivity index (χ3n) is 5.53. The summed E-state index contributed by atoms with van der Waals surface area (Å²) in [4.78, 5) is 15.3. The Bertz CT molecular complexity index is 1070. The van der Waals surface area contributed by atoms with Crippen LogP contribution in [-0.4, -0.2) is 20.1 Å². The van der Waals surface area contributed by atoms with Crippen molar-refractivity contribution in [3.63, 3.8) is 0 Å².